The van der Waals surface area contributed by atoms with Crippen LogP contribution in [0, 0.1) is 0 Å². The van der Waals surface area contributed by atoms with E-state index in [2.05, 4.69) is 179 Å². The predicted octanol–water partition coefficient (Wildman–Crippen LogP) is 13.0. The second kappa shape index (κ2) is 10.2. The monoisotopic (exact) mass is 684 g/mol. The van der Waals surface area contributed by atoms with E-state index in [-0.39, 0.29) is 0 Å². The molecule has 0 aliphatic carbocycles. The fourth-order valence-electron chi connectivity index (χ4n) is 9.52. The molecule has 0 atom stereocenters. The van der Waals surface area contributed by atoms with Gasteiger partial charge in [-0.2, -0.15) is 0 Å². The number of para-hydroxylation sites is 1. The highest BCUT2D eigenvalue weighted by atomic mass is 15.2. The predicted molar refractivity (Wildman–Crippen MR) is 226 cm³/mol. The van der Waals surface area contributed by atoms with E-state index >= 15 is 0 Å². The molecule has 0 radical (unpaired) electrons. The normalized spacial score (nSPS) is 12.4. The zero-order chi connectivity index (χ0) is 35.1. The summed E-state index contributed by atoms with van der Waals surface area (Å²) in [6.45, 7) is 0. The van der Waals surface area contributed by atoms with E-state index in [1.54, 1.807) is 0 Å². The summed E-state index contributed by atoms with van der Waals surface area (Å²) >= 11 is 0. The SMILES string of the molecule is c1ccc(-c2nc(-n3c4cccc5c6cccc7c8cc9ccccc9cc8n(c67)c6c7ccccc7cc3c6c54)nc3ccc4ccccc4c23)cc1. The molecule has 4 heteroatoms. The van der Waals surface area contributed by atoms with E-state index in [4.69, 9.17) is 9.97 Å². The number of hydrogen-bond acceptors (Lipinski definition) is 2. The van der Waals surface area contributed by atoms with Crippen LogP contribution < -0.4 is 0 Å². The van der Waals surface area contributed by atoms with Gasteiger partial charge in [-0.15, -0.1) is 0 Å². The lowest BCUT2D eigenvalue weighted by atomic mass is 10.0. The molecule has 13 rings (SSSR count). The highest BCUT2D eigenvalue weighted by Crippen LogP contribution is 2.47. The maximum absolute atomic E-state index is 5.55. The molecule has 0 amide bonds. The molecule has 0 unspecified atom stereocenters. The molecule has 0 fully saturated rings. The Morgan fingerprint density at radius 1 is 0.352 bits per heavy atom. The first-order valence-electron chi connectivity index (χ1n) is 18.5. The Hall–Kier alpha value is -7.30. The molecule has 4 heterocycles. The summed E-state index contributed by atoms with van der Waals surface area (Å²) in [6, 6.07) is 61.7. The molecule has 0 saturated heterocycles. The Bertz CT molecular complexity index is 3720. The lowest BCUT2D eigenvalue weighted by Gasteiger charge is -2.14. The molecule has 0 N–H and O–H groups in total. The van der Waals surface area contributed by atoms with Crippen LogP contribution in [0.15, 0.2) is 170 Å². The van der Waals surface area contributed by atoms with E-state index in [9.17, 15) is 0 Å². The van der Waals surface area contributed by atoms with E-state index in [0.717, 1.165) is 38.6 Å². The van der Waals surface area contributed by atoms with Crippen LogP contribution in [0.25, 0.3) is 120 Å². The van der Waals surface area contributed by atoms with E-state index < -0.39 is 0 Å². The van der Waals surface area contributed by atoms with E-state index in [1.807, 2.05) is 0 Å². The third-order valence-corrected chi connectivity index (χ3v) is 11.8. The van der Waals surface area contributed by atoms with Gasteiger partial charge in [0.2, 0.25) is 5.95 Å². The van der Waals surface area contributed by atoms with Crippen LogP contribution in [0.3, 0.4) is 0 Å². The summed E-state index contributed by atoms with van der Waals surface area (Å²) in [4.78, 5) is 11.0. The summed E-state index contributed by atoms with van der Waals surface area (Å²) in [5, 5.41) is 15.7. The second-order valence-corrected chi connectivity index (χ2v) is 14.5. The molecule has 54 heavy (non-hydrogen) atoms. The fourth-order valence-corrected chi connectivity index (χ4v) is 9.52. The minimum Gasteiger partial charge on any atom is -0.307 e. The molecule has 0 saturated carbocycles. The molecule has 0 bridgehead atoms. The lowest BCUT2D eigenvalue weighted by Crippen LogP contribution is -2.04. The topological polar surface area (TPSA) is 35.1 Å². The highest BCUT2D eigenvalue weighted by molar-refractivity contribution is 6.35. The maximum atomic E-state index is 5.55. The molecule has 13 aromatic rings. The largest absolute Gasteiger partial charge is 0.307 e. The molecule has 0 aliphatic heterocycles. The van der Waals surface area contributed by atoms with Gasteiger partial charge in [-0.25, -0.2) is 9.97 Å². The standard InChI is InChI=1S/C50H28N4/c1-2-13-30(14-3-1)47-44-34-18-8-6-12-29(34)24-25-40(44)51-50(52-47)53-41-23-11-20-36-37-21-10-22-38-39-26-31-15-4-5-16-32(31)27-42(39)54(48(37)38)49-35-19-9-7-17-33(35)28-43(53)46(49)45(36)41/h1-28H. The van der Waals surface area contributed by atoms with Gasteiger partial charge in [-0.3, -0.25) is 4.57 Å². The Kier molecular flexibility index (Phi) is 5.34. The number of nitrogens with zero attached hydrogens (tertiary/aromatic N) is 4. The first-order chi connectivity index (χ1) is 26.8. The zero-order valence-electron chi connectivity index (χ0n) is 29.0. The summed E-state index contributed by atoms with van der Waals surface area (Å²) < 4.78 is 4.88. The number of aromatic nitrogens is 4. The van der Waals surface area contributed by atoms with Crippen LogP contribution >= 0.6 is 0 Å². The molecular weight excluding hydrogens is 657 g/mol. The molecular formula is C50H28N4. The van der Waals surface area contributed by atoms with Crippen molar-refractivity contribution in [2.45, 2.75) is 0 Å². The van der Waals surface area contributed by atoms with Gasteiger partial charge in [0.05, 0.1) is 38.8 Å². The smallest absolute Gasteiger partial charge is 0.235 e. The van der Waals surface area contributed by atoms with Crippen LogP contribution in [-0.2, 0) is 0 Å². The van der Waals surface area contributed by atoms with Crippen LogP contribution in [-0.4, -0.2) is 18.9 Å². The van der Waals surface area contributed by atoms with Gasteiger partial charge < -0.3 is 4.40 Å². The molecule has 4 nitrogen and oxygen atoms in total. The third-order valence-electron chi connectivity index (χ3n) is 11.8. The zero-order valence-corrected chi connectivity index (χ0v) is 29.0. The number of rotatable bonds is 2. The fraction of sp³-hybridized carbons (Fsp3) is 0. The minimum absolute atomic E-state index is 0.664. The van der Waals surface area contributed by atoms with Crippen LogP contribution in [0.2, 0.25) is 0 Å². The Balaban J connectivity index is 1.29. The van der Waals surface area contributed by atoms with Gasteiger partial charge in [-0.1, -0.05) is 140 Å². The van der Waals surface area contributed by atoms with Crippen LogP contribution in [0.1, 0.15) is 0 Å². The molecule has 4 aromatic heterocycles. The maximum Gasteiger partial charge on any atom is 0.235 e. The molecule has 9 aromatic carbocycles. The summed E-state index contributed by atoms with van der Waals surface area (Å²) in [5.74, 6) is 0.664. The first kappa shape index (κ1) is 28.3. The van der Waals surface area contributed by atoms with Crippen molar-refractivity contribution in [1.82, 2.24) is 18.9 Å². The Morgan fingerprint density at radius 2 is 1.00 bits per heavy atom. The van der Waals surface area contributed by atoms with Crippen molar-refractivity contribution in [1.29, 1.82) is 0 Å². The average molecular weight is 685 g/mol. The quantitative estimate of drug-likeness (QED) is 0.170. The second-order valence-electron chi connectivity index (χ2n) is 14.5. The summed E-state index contributed by atoms with van der Waals surface area (Å²) in [6.07, 6.45) is 0. The van der Waals surface area contributed by atoms with Gasteiger partial charge >= 0.3 is 0 Å². The molecule has 248 valence electrons. The Labute approximate surface area is 308 Å². The average Bonchev–Trinajstić information content (AvgIpc) is 3.69. The van der Waals surface area contributed by atoms with Crippen molar-refractivity contribution in [2.75, 3.05) is 0 Å². The number of hydrogen-bond donors (Lipinski definition) is 0. The van der Waals surface area contributed by atoms with Gasteiger partial charge in [0, 0.05) is 43.3 Å². The summed E-state index contributed by atoms with van der Waals surface area (Å²) in [5.41, 5.74) is 8.77. The lowest BCUT2D eigenvalue weighted by molar-refractivity contribution is 1.02. The Morgan fingerprint density at radius 3 is 1.85 bits per heavy atom. The molecule has 0 spiro atoms. The van der Waals surface area contributed by atoms with Gasteiger partial charge in [0.15, 0.2) is 0 Å². The van der Waals surface area contributed by atoms with E-state index in [0.29, 0.717) is 5.95 Å². The van der Waals surface area contributed by atoms with Crippen molar-refractivity contribution >= 4 is 103 Å². The van der Waals surface area contributed by atoms with Crippen LogP contribution in [0.4, 0.5) is 0 Å². The van der Waals surface area contributed by atoms with E-state index in [1.165, 1.54) is 75.8 Å². The minimum atomic E-state index is 0.664. The number of fused-ring (bicyclic) bond motifs is 11. The third kappa shape index (κ3) is 3.57. The number of benzene rings is 9. The first-order valence-corrected chi connectivity index (χ1v) is 18.5. The summed E-state index contributed by atoms with van der Waals surface area (Å²) in [7, 11) is 0. The van der Waals surface area contributed by atoms with Crippen molar-refractivity contribution < 1.29 is 0 Å². The van der Waals surface area contributed by atoms with Gasteiger partial charge in [0.1, 0.15) is 0 Å². The van der Waals surface area contributed by atoms with Crippen molar-refractivity contribution in [3.05, 3.63) is 170 Å². The van der Waals surface area contributed by atoms with Crippen LogP contribution in [0.5, 0.6) is 0 Å². The highest BCUT2D eigenvalue weighted by Gasteiger charge is 2.25. The van der Waals surface area contributed by atoms with Gasteiger partial charge in [-0.05, 0) is 62.6 Å². The van der Waals surface area contributed by atoms with Gasteiger partial charge in [0.25, 0.3) is 0 Å². The molecule has 0 aliphatic rings. The van der Waals surface area contributed by atoms with Crippen molar-refractivity contribution in [3.8, 4) is 17.2 Å². The van der Waals surface area contributed by atoms with Crippen molar-refractivity contribution in [2.24, 2.45) is 0 Å². The van der Waals surface area contributed by atoms with Crippen molar-refractivity contribution in [3.63, 3.8) is 0 Å².